The molecular weight excluding hydrogens is 232 g/mol. The number of nitrogens with one attached hydrogen (secondary N) is 2. The van der Waals surface area contributed by atoms with Crippen LogP contribution in [0, 0.1) is 5.92 Å². The normalized spacial score (nSPS) is 31.8. The van der Waals surface area contributed by atoms with Gasteiger partial charge in [-0.2, -0.15) is 0 Å². The van der Waals surface area contributed by atoms with E-state index in [1.54, 1.807) is 0 Å². The van der Waals surface area contributed by atoms with Crippen LogP contribution in [0.25, 0.3) is 0 Å². The highest BCUT2D eigenvalue weighted by Gasteiger charge is 2.26. The lowest BCUT2D eigenvalue weighted by molar-refractivity contribution is -0.121. The van der Waals surface area contributed by atoms with Crippen molar-refractivity contribution in [3.05, 3.63) is 0 Å². The van der Waals surface area contributed by atoms with Gasteiger partial charge in [0.05, 0.1) is 5.25 Å². The third kappa shape index (κ3) is 3.88. The summed E-state index contributed by atoms with van der Waals surface area (Å²) >= 11 is 1.83. The van der Waals surface area contributed by atoms with Gasteiger partial charge in [0.25, 0.3) is 0 Å². The molecule has 3 atom stereocenters. The van der Waals surface area contributed by atoms with E-state index in [2.05, 4.69) is 17.6 Å². The van der Waals surface area contributed by atoms with Crippen molar-refractivity contribution in [2.45, 2.75) is 50.3 Å². The molecule has 2 saturated heterocycles. The molecule has 0 saturated carbocycles. The van der Waals surface area contributed by atoms with Crippen LogP contribution >= 0.6 is 11.8 Å². The first-order valence-electron chi connectivity index (χ1n) is 6.90. The molecule has 0 aromatic heterocycles. The van der Waals surface area contributed by atoms with Crippen LogP contribution in [0.5, 0.6) is 0 Å². The minimum absolute atomic E-state index is 0.211. The molecule has 0 aromatic rings. The topological polar surface area (TPSA) is 41.1 Å². The maximum absolute atomic E-state index is 12.1. The summed E-state index contributed by atoms with van der Waals surface area (Å²) in [7, 11) is 0. The summed E-state index contributed by atoms with van der Waals surface area (Å²) in [6, 6.07) is 0.317. The van der Waals surface area contributed by atoms with Gasteiger partial charge in [0, 0.05) is 6.04 Å². The first kappa shape index (κ1) is 13.2. The van der Waals surface area contributed by atoms with E-state index in [-0.39, 0.29) is 11.2 Å². The van der Waals surface area contributed by atoms with Gasteiger partial charge in [0.15, 0.2) is 0 Å². The lowest BCUT2D eigenvalue weighted by Gasteiger charge is -2.30. The summed E-state index contributed by atoms with van der Waals surface area (Å²) in [5.74, 6) is 2.03. The van der Waals surface area contributed by atoms with Crippen LogP contribution in [0.1, 0.15) is 39.0 Å². The van der Waals surface area contributed by atoms with Gasteiger partial charge in [-0.25, -0.2) is 0 Å². The number of amides is 1. The zero-order chi connectivity index (χ0) is 12.1. The van der Waals surface area contributed by atoms with Gasteiger partial charge in [0.1, 0.15) is 0 Å². The summed E-state index contributed by atoms with van der Waals surface area (Å²) in [4.78, 5) is 12.1. The zero-order valence-corrected chi connectivity index (χ0v) is 11.5. The van der Waals surface area contributed by atoms with Gasteiger partial charge in [-0.15, -0.1) is 11.8 Å². The summed E-state index contributed by atoms with van der Waals surface area (Å²) < 4.78 is 0. The van der Waals surface area contributed by atoms with E-state index in [1.807, 2.05) is 11.8 Å². The third-order valence-corrected chi connectivity index (χ3v) is 5.26. The molecule has 98 valence electrons. The molecule has 4 heteroatoms. The van der Waals surface area contributed by atoms with Crippen LogP contribution in [-0.4, -0.2) is 36.0 Å². The number of carbonyl (C=O) groups is 1. The molecule has 2 N–H and O–H groups in total. The Balaban J connectivity index is 1.76. The van der Waals surface area contributed by atoms with Crippen molar-refractivity contribution in [2.75, 3.05) is 18.8 Å². The number of rotatable bonds is 3. The maximum Gasteiger partial charge on any atom is 0.233 e. The number of piperidine rings is 1. The van der Waals surface area contributed by atoms with E-state index in [0.29, 0.717) is 12.0 Å². The highest BCUT2D eigenvalue weighted by molar-refractivity contribution is 8.00. The Kier molecular flexibility index (Phi) is 5.16. The molecule has 0 radical (unpaired) electrons. The van der Waals surface area contributed by atoms with Gasteiger partial charge in [0.2, 0.25) is 5.91 Å². The monoisotopic (exact) mass is 256 g/mol. The van der Waals surface area contributed by atoms with E-state index in [9.17, 15) is 4.79 Å². The largest absolute Gasteiger partial charge is 0.352 e. The molecule has 0 aromatic carbocycles. The lowest BCUT2D eigenvalue weighted by Crippen LogP contribution is -2.47. The number of thioether (sulfide) groups is 1. The van der Waals surface area contributed by atoms with Crippen molar-refractivity contribution in [1.29, 1.82) is 0 Å². The van der Waals surface area contributed by atoms with Crippen molar-refractivity contribution in [2.24, 2.45) is 5.92 Å². The van der Waals surface area contributed by atoms with Crippen molar-refractivity contribution in [3.63, 3.8) is 0 Å². The molecule has 3 unspecified atom stereocenters. The van der Waals surface area contributed by atoms with E-state index in [4.69, 9.17) is 0 Å². The average molecular weight is 256 g/mol. The van der Waals surface area contributed by atoms with E-state index in [1.165, 1.54) is 25.7 Å². The Bertz CT molecular complexity index is 248. The lowest BCUT2D eigenvalue weighted by atomic mass is 9.92. The molecule has 3 nitrogen and oxygen atoms in total. The Morgan fingerprint density at radius 2 is 2.24 bits per heavy atom. The molecule has 0 spiro atoms. The molecule has 2 heterocycles. The molecule has 17 heavy (non-hydrogen) atoms. The smallest absolute Gasteiger partial charge is 0.233 e. The van der Waals surface area contributed by atoms with Crippen LogP contribution in [0.4, 0.5) is 0 Å². The van der Waals surface area contributed by atoms with Crippen LogP contribution in [-0.2, 0) is 4.79 Å². The van der Waals surface area contributed by atoms with Crippen LogP contribution in [0.3, 0.4) is 0 Å². The number of carbonyl (C=O) groups excluding carboxylic acids is 1. The minimum Gasteiger partial charge on any atom is -0.352 e. The first-order valence-corrected chi connectivity index (χ1v) is 7.95. The van der Waals surface area contributed by atoms with Gasteiger partial charge in [-0.05, 0) is 57.4 Å². The summed E-state index contributed by atoms with van der Waals surface area (Å²) in [6.07, 6.45) is 6.03. The van der Waals surface area contributed by atoms with Gasteiger partial charge >= 0.3 is 0 Å². The second kappa shape index (κ2) is 6.64. The second-order valence-electron chi connectivity index (χ2n) is 5.26. The quantitative estimate of drug-likeness (QED) is 0.809. The third-order valence-electron chi connectivity index (χ3n) is 3.88. The fourth-order valence-corrected chi connectivity index (χ4v) is 3.90. The summed E-state index contributed by atoms with van der Waals surface area (Å²) in [5.41, 5.74) is 0. The van der Waals surface area contributed by atoms with Gasteiger partial charge in [-0.3, -0.25) is 4.79 Å². The summed E-state index contributed by atoms with van der Waals surface area (Å²) in [6.45, 7) is 4.35. The number of hydrogen-bond acceptors (Lipinski definition) is 3. The molecule has 2 aliphatic rings. The van der Waals surface area contributed by atoms with Crippen LogP contribution < -0.4 is 10.6 Å². The SMILES string of the molecule is CC(NC(=O)C1CCCCS1)C1CCCNC1. The molecule has 2 aliphatic heterocycles. The van der Waals surface area contributed by atoms with E-state index < -0.39 is 0 Å². The predicted molar refractivity (Wildman–Crippen MR) is 73.3 cm³/mol. The van der Waals surface area contributed by atoms with Crippen molar-refractivity contribution in [1.82, 2.24) is 10.6 Å². The van der Waals surface area contributed by atoms with Crippen molar-refractivity contribution >= 4 is 17.7 Å². The maximum atomic E-state index is 12.1. The van der Waals surface area contributed by atoms with Crippen molar-refractivity contribution < 1.29 is 4.79 Å². The Morgan fingerprint density at radius 1 is 1.35 bits per heavy atom. The molecule has 2 fully saturated rings. The Morgan fingerprint density at radius 3 is 2.88 bits per heavy atom. The molecule has 2 rings (SSSR count). The van der Waals surface area contributed by atoms with Gasteiger partial charge < -0.3 is 10.6 Å². The Labute approximate surface area is 108 Å². The predicted octanol–water partition coefficient (Wildman–Crippen LogP) is 1.78. The Hall–Kier alpha value is -0.220. The first-order chi connectivity index (χ1) is 8.27. The second-order valence-corrected chi connectivity index (χ2v) is 6.57. The number of hydrogen-bond donors (Lipinski definition) is 2. The van der Waals surface area contributed by atoms with Crippen molar-refractivity contribution in [3.8, 4) is 0 Å². The van der Waals surface area contributed by atoms with Gasteiger partial charge in [-0.1, -0.05) is 6.42 Å². The average Bonchev–Trinajstić information content (AvgIpc) is 2.40. The fourth-order valence-electron chi connectivity index (χ4n) is 2.69. The standard InChI is InChI=1S/C13H24N2OS/c1-10(11-5-4-7-14-9-11)15-13(16)12-6-2-3-8-17-12/h10-12,14H,2-9H2,1H3,(H,15,16). The minimum atomic E-state index is 0.211. The van der Waals surface area contributed by atoms with Crippen LogP contribution in [0.2, 0.25) is 0 Å². The highest BCUT2D eigenvalue weighted by atomic mass is 32.2. The molecule has 1 amide bonds. The summed E-state index contributed by atoms with van der Waals surface area (Å²) in [5, 5.41) is 6.84. The van der Waals surface area contributed by atoms with Crippen LogP contribution in [0.15, 0.2) is 0 Å². The molecular formula is C13H24N2OS. The molecule has 0 aliphatic carbocycles. The fraction of sp³-hybridized carbons (Fsp3) is 0.923. The zero-order valence-electron chi connectivity index (χ0n) is 10.7. The van der Waals surface area contributed by atoms with E-state index >= 15 is 0 Å². The molecule has 0 bridgehead atoms. The highest BCUT2D eigenvalue weighted by Crippen LogP contribution is 2.25. The van der Waals surface area contributed by atoms with E-state index in [0.717, 1.165) is 25.3 Å².